The van der Waals surface area contributed by atoms with Crippen molar-refractivity contribution in [2.24, 2.45) is 44.8 Å². The molecule has 0 aromatic heterocycles. The molecule has 0 aromatic carbocycles. The van der Waals surface area contributed by atoms with Crippen LogP contribution < -0.4 is 0 Å². The standard InChI is InChI=1S/C31H54O2/c1-21(2)11-10-16-31(9,33)30(8)20-19-29(7)24(30)13-12-23-27(5)17-15-25(32)26(3,4)22(27)14-18-28(23,29)6/h11,22-25,32-33H,10,12-20H2,1-9H3/t22-,23+,24?,25-,27-,28+,29+,30-,31?/m0/s1. The molecule has 2 heteroatoms. The van der Waals surface area contributed by atoms with Gasteiger partial charge in [-0.1, -0.05) is 53.2 Å². The highest BCUT2D eigenvalue weighted by Crippen LogP contribution is 2.77. The minimum Gasteiger partial charge on any atom is -0.393 e. The van der Waals surface area contributed by atoms with Gasteiger partial charge in [0.2, 0.25) is 0 Å². The average molecular weight is 459 g/mol. The van der Waals surface area contributed by atoms with Crippen molar-refractivity contribution in [3.8, 4) is 0 Å². The molecule has 2 nitrogen and oxygen atoms in total. The maximum Gasteiger partial charge on any atom is 0.0678 e. The van der Waals surface area contributed by atoms with E-state index in [1.165, 1.54) is 44.1 Å². The lowest BCUT2D eigenvalue weighted by Crippen LogP contribution is -2.65. The Balaban J connectivity index is 1.66. The van der Waals surface area contributed by atoms with E-state index < -0.39 is 5.60 Å². The molecule has 0 aliphatic heterocycles. The summed E-state index contributed by atoms with van der Waals surface area (Å²) in [5.41, 5.74) is 1.69. The largest absolute Gasteiger partial charge is 0.393 e. The third kappa shape index (κ3) is 3.39. The number of hydrogen-bond donors (Lipinski definition) is 2. The Labute approximate surface area is 205 Å². The summed E-state index contributed by atoms with van der Waals surface area (Å²) in [6, 6.07) is 0. The van der Waals surface area contributed by atoms with E-state index in [1.807, 2.05) is 0 Å². The molecule has 33 heavy (non-hydrogen) atoms. The SMILES string of the molecule is CC(C)=CCCC(C)(O)[C@@]1(C)CC[C@]2(C)C1CC[C@@H]1[C@@]3(C)CC[C@H](O)C(C)(C)[C@@H]3CC[C@]12C. The maximum absolute atomic E-state index is 11.9. The van der Waals surface area contributed by atoms with E-state index in [4.69, 9.17) is 0 Å². The summed E-state index contributed by atoms with van der Waals surface area (Å²) >= 11 is 0. The van der Waals surface area contributed by atoms with Crippen LogP contribution in [-0.4, -0.2) is 21.9 Å². The van der Waals surface area contributed by atoms with E-state index in [-0.39, 0.29) is 16.9 Å². The predicted octanol–water partition coefficient (Wildman–Crippen LogP) is 7.92. The van der Waals surface area contributed by atoms with Crippen molar-refractivity contribution in [3.05, 3.63) is 11.6 Å². The summed E-state index contributed by atoms with van der Waals surface area (Å²) in [5, 5.41) is 22.8. The van der Waals surface area contributed by atoms with Crippen LogP contribution in [0.5, 0.6) is 0 Å². The average Bonchev–Trinajstić information content (AvgIpc) is 2.99. The predicted molar refractivity (Wildman–Crippen MR) is 139 cm³/mol. The summed E-state index contributed by atoms with van der Waals surface area (Å²) in [6.07, 6.45) is 13.6. The zero-order chi connectivity index (χ0) is 24.7. The molecule has 0 saturated heterocycles. The molecule has 0 spiro atoms. The molecule has 4 aliphatic carbocycles. The summed E-state index contributed by atoms with van der Waals surface area (Å²) in [7, 11) is 0. The van der Waals surface area contributed by atoms with Gasteiger partial charge in [0.1, 0.15) is 0 Å². The number of allylic oxidation sites excluding steroid dienone is 2. The fourth-order valence-corrected chi connectivity index (χ4v) is 10.7. The zero-order valence-corrected chi connectivity index (χ0v) is 23.4. The molecule has 0 radical (unpaired) electrons. The van der Waals surface area contributed by atoms with Crippen LogP contribution in [0.15, 0.2) is 11.6 Å². The molecule has 0 amide bonds. The number of fused-ring (bicyclic) bond motifs is 5. The summed E-state index contributed by atoms with van der Waals surface area (Å²) < 4.78 is 0. The van der Waals surface area contributed by atoms with Gasteiger partial charge in [-0.3, -0.25) is 0 Å². The van der Waals surface area contributed by atoms with Crippen molar-refractivity contribution in [1.82, 2.24) is 0 Å². The highest BCUT2D eigenvalue weighted by molar-refractivity contribution is 5.20. The van der Waals surface area contributed by atoms with E-state index in [9.17, 15) is 10.2 Å². The molecule has 2 N–H and O–H groups in total. The Kier molecular flexibility index (Phi) is 6.11. The van der Waals surface area contributed by atoms with Gasteiger partial charge in [0.15, 0.2) is 0 Å². The van der Waals surface area contributed by atoms with Crippen LogP contribution >= 0.6 is 0 Å². The Morgan fingerprint density at radius 3 is 2.06 bits per heavy atom. The van der Waals surface area contributed by atoms with Crippen LogP contribution in [0.2, 0.25) is 0 Å². The van der Waals surface area contributed by atoms with Crippen molar-refractivity contribution < 1.29 is 10.2 Å². The quantitative estimate of drug-likeness (QED) is 0.420. The number of aliphatic hydroxyl groups is 2. The third-order valence-corrected chi connectivity index (χ3v) is 13.2. The topological polar surface area (TPSA) is 40.5 Å². The highest BCUT2D eigenvalue weighted by Gasteiger charge is 2.71. The van der Waals surface area contributed by atoms with Crippen molar-refractivity contribution in [3.63, 3.8) is 0 Å². The van der Waals surface area contributed by atoms with Crippen LogP contribution in [-0.2, 0) is 0 Å². The second-order valence-corrected chi connectivity index (χ2v) is 15.0. The molecule has 0 bridgehead atoms. The van der Waals surface area contributed by atoms with Gasteiger partial charge in [-0.2, -0.15) is 0 Å². The molecule has 0 aromatic rings. The number of rotatable bonds is 4. The first-order valence-electron chi connectivity index (χ1n) is 14.1. The zero-order valence-electron chi connectivity index (χ0n) is 23.4. The molecule has 4 fully saturated rings. The normalized spacial score (nSPS) is 50.5. The fourth-order valence-electron chi connectivity index (χ4n) is 10.7. The second kappa shape index (κ2) is 7.83. The molecule has 9 atom stereocenters. The van der Waals surface area contributed by atoms with Crippen molar-refractivity contribution in [1.29, 1.82) is 0 Å². The fraction of sp³-hybridized carbons (Fsp3) is 0.935. The van der Waals surface area contributed by atoms with Crippen LogP contribution in [0.25, 0.3) is 0 Å². The van der Waals surface area contributed by atoms with E-state index in [0.29, 0.717) is 28.1 Å². The van der Waals surface area contributed by atoms with Gasteiger partial charge in [0.25, 0.3) is 0 Å². The Bertz CT molecular complexity index is 791. The van der Waals surface area contributed by atoms with Crippen LogP contribution in [0.3, 0.4) is 0 Å². The van der Waals surface area contributed by atoms with Crippen molar-refractivity contribution in [2.75, 3.05) is 0 Å². The molecular formula is C31H54O2. The maximum atomic E-state index is 11.9. The monoisotopic (exact) mass is 458 g/mol. The molecule has 2 unspecified atom stereocenters. The summed E-state index contributed by atoms with van der Waals surface area (Å²) in [5.74, 6) is 1.94. The first-order valence-corrected chi connectivity index (χ1v) is 14.1. The first kappa shape index (κ1) is 25.7. The van der Waals surface area contributed by atoms with Gasteiger partial charge in [0.05, 0.1) is 11.7 Å². The number of hydrogen-bond acceptors (Lipinski definition) is 2. The van der Waals surface area contributed by atoms with Crippen molar-refractivity contribution >= 4 is 0 Å². The van der Waals surface area contributed by atoms with Gasteiger partial charge in [0, 0.05) is 0 Å². The highest BCUT2D eigenvalue weighted by atomic mass is 16.3. The minimum atomic E-state index is -0.622. The second-order valence-electron chi connectivity index (χ2n) is 15.0. The van der Waals surface area contributed by atoms with Gasteiger partial charge < -0.3 is 10.2 Å². The van der Waals surface area contributed by atoms with Gasteiger partial charge in [-0.25, -0.2) is 0 Å². The van der Waals surface area contributed by atoms with Gasteiger partial charge in [-0.15, -0.1) is 0 Å². The smallest absolute Gasteiger partial charge is 0.0678 e. The Hall–Kier alpha value is -0.340. The minimum absolute atomic E-state index is 0.00893. The molecule has 4 aliphatic rings. The third-order valence-electron chi connectivity index (χ3n) is 13.2. The molecule has 4 rings (SSSR count). The molecular weight excluding hydrogens is 404 g/mol. The lowest BCUT2D eigenvalue weighted by Gasteiger charge is -2.70. The van der Waals surface area contributed by atoms with E-state index >= 15 is 0 Å². The lowest BCUT2D eigenvalue weighted by atomic mass is 9.35. The Morgan fingerprint density at radius 1 is 0.818 bits per heavy atom. The first-order chi connectivity index (χ1) is 15.1. The van der Waals surface area contributed by atoms with Crippen molar-refractivity contribution in [2.45, 2.75) is 138 Å². The molecule has 0 heterocycles. The van der Waals surface area contributed by atoms with Crippen LogP contribution in [0.4, 0.5) is 0 Å². The number of aliphatic hydroxyl groups excluding tert-OH is 1. The van der Waals surface area contributed by atoms with Crippen LogP contribution in [0, 0.1) is 44.8 Å². The molecule has 190 valence electrons. The lowest BCUT2D eigenvalue weighted by molar-refractivity contribution is -0.232. The van der Waals surface area contributed by atoms with E-state index in [0.717, 1.165) is 31.6 Å². The molecule has 4 saturated carbocycles. The summed E-state index contributed by atoms with van der Waals surface area (Å²) in [4.78, 5) is 0. The van der Waals surface area contributed by atoms with E-state index in [2.05, 4.69) is 68.4 Å². The van der Waals surface area contributed by atoms with E-state index in [1.54, 1.807) is 0 Å². The Morgan fingerprint density at radius 2 is 1.42 bits per heavy atom. The van der Waals surface area contributed by atoms with Gasteiger partial charge >= 0.3 is 0 Å². The summed E-state index contributed by atoms with van der Waals surface area (Å²) in [6.45, 7) is 21.4. The van der Waals surface area contributed by atoms with Crippen LogP contribution in [0.1, 0.15) is 127 Å². The van der Waals surface area contributed by atoms with Gasteiger partial charge in [-0.05, 0) is 130 Å².